The number of allylic oxidation sites excluding steroid dienone is 2. The standard InChI is InChI=1S/C17H17F3N4O3S/c1-23(2)11-5-6-14(13(10-11)17(18,19)20)21-16(25)12-4-3-7-24-8-9-28(26,27)22-15(12)24/h3-7,10H,8-9H2,1-2H3,(H,21,25). The summed E-state index contributed by atoms with van der Waals surface area (Å²) in [4.78, 5) is 15.6. The molecule has 1 aromatic carbocycles. The number of anilines is 2. The van der Waals surface area contributed by atoms with Gasteiger partial charge in [0, 0.05) is 32.5 Å². The molecule has 0 atom stereocenters. The van der Waals surface area contributed by atoms with Gasteiger partial charge in [0.1, 0.15) is 0 Å². The van der Waals surface area contributed by atoms with Crippen LogP contribution in [0.2, 0.25) is 0 Å². The highest BCUT2D eigenvalue weighted by Crippen LogP contribution is 2.37. The first kappa shape index (κ1) is 19.9. The molecular weight excluding hydrogens is 397 g/mol. The normalized spacial score (nSPS) is 18.1. The minimum Gasteiger partial charge on any atom is -0.378 e. The Balaban J connectivity index is 1.96. The predicted molar refractivity (Wildman–Crippen MR) is 99.6 cm³/mol. The molecule has 1 N–H and O–H groups in total. The zero-order chi connectivity index (χ0) is 20.7. The Hall–Kier alpha value is -2.82. The number of amides is 1. The van der Waals surface area contributed by atoms with Crippen LogP contribution in [0.4, 0.5) is 24.5 Å². The van der Waals surface area contributed by atoms with Gasteiger partial charge in [0.15, 0.2) is 5.84 Å². The predicted octanol–water partition coefficient (Wildman–Crippen LogP) is 2.21. The Kier molecular flexibility index (Phi) is 4.96. The number of sulfonamides is 1. The third-order valence-corrected chi connectivity index (χ3v) is 5.32. The molecule has 0 unspecified atom stereocenters. The largest absolute Gasteiger partial charge is 0.418 e. The van der Waals surface area contributed by atoms with Crippen LogP contribution in [0.5, 0.6) is 0 Å². The Bertz CT molecular complexity index is 1010. The summed E-state index contributed by atoms with van der Waals surface area (Å²) in [7, 11) is -0.532. The molecule has 2 heterocycles. The number of hydrogen-bond donors (Lipinski definition) is 1. The van der Waals surface area contributed by atoms with E-state index in [0.29, 0.717) is 5.69 Å². The van der Waals surface area contributed by atoms with Gasteiger partial charge in [-0.3, -0.25) is 4.79 Å². The van der Waals surface area contributed by atoms with Gasteiger partial charge in [-0.05, 0) is 30.4 Å². The van der Waals surface area contributed by atoms with Crippen molar-refractivity contribution in [1.82, 2.24) is 4.90 Å². The number of alkyl halides is 3. The molecule has 11 heteroatoms. The molecule has 0 saturated carbocycles. The number of hydrogen-bond acceptors (Lipinski definition) is 5. The van der Waals surface area contributed by atoms with E-state index in [1.165, 1.54) is 28.0 Å². The van der Waals surface area contributed by atoms with Crippen LogP contribution in [0.25, 0.3) is 0 Å². The van der Waals surface area contributed by atoms with E-state index in [0.717, 1.165) is 12.1 Å². The number of fused-ring (bicyclic) bond motifs is 1. The Morgan fingerprint density at radius 2 is 2.00 bits per heavy atom. The molecule has 0 radical (unpaired) electrons. The van der Waals surface area contributed by atoms with Crippen molar-refractivity contribution in [1.29, 1.82) is 0 Å². The molecule has 150 valence electrons. The molecule has 1 aromatic rings. The van der Waals surface area contributed by atoms with Crippen molar-refractivity contribution in [3.63, 3.8) is 0 Å². The molecule has 2 aliphatic heterocycles. The second-order valence-corrected chi connectivity index (χ2v) is 8.15. The SMILES string of the molecule is CN(C)c1ccc(NC(=O)C2=CC=CN3CCS(=O)(=O)N=C23)c(C(F)(F)F)c1. The van der Waals surface area contributed by atoms with Crippen LogP contribution in [0.15, 0.2) is 46.5 Å². The van der Waals surface area contributed by atoms with Crippen molar-refractivity contribution in [2.75, 3.05) is 36.6 Å². The van der Waals surface area contributed by atoms with Crippen LogP contribution in [-0.4, -0.2) is 51.5 Å². The highest BCUT2D eigenvalue weighted by Gasteiger charge is 2.36. The van der Waals surface area contributed by atoms with Crippen LogP contribution in [-0.2, 0) is 21.0 Å². The van der Waals surface area contributed by atoms with Crippen LogP contribution in [0.1, 0.15) is 5.56 Å². The van der Waals surface area contributed by atoms with Crippen LogP contribution < -0.4 is 10.2 Å². The molecule has 3 rings (SSSR count). The van der Waals surface area contributed by atoms with Crippen molar-refractivity contribution < 1.29 is 26.4 Å². The summed E-state index contributed by atoms with van der Waals surface area (Å²) in [5.41, 5.74) is -1.24. The highest BCUT2D eigenvalue weighted by atomic mass is 32.2. The van der Waals surface area contributed by atoms with E-state index in [9.17, 15) is 26.4 Å². The molecular formula is C17H17F3N4O3S. The molecule has 0 aromatic heterocycles. The lowest BCUT2D eigenvalue weighted by Gasteiger charge is -2.28. The van der Waals surface area contributed by atoms with E-state index in [4.69, 9.17) is 0 Å². The summed E-state index contributed by atoms with van der Waals surface area (Å²) in [5, 5.41) is 2.23. The zero-order valence-corrected chi connectivity index (χ0v) is 15.8. The zero-order valence-electron chi connectivity index (χ0n) is 15.0. The molecule has 0 saturated heterocycles. The molecule has 0 spiro atoms. The lowest BCUT2D eigenvalue weighted by Crippen LogP contribution is -2.41. The van der Waals surface area contributed by atoms with E-state index >= 15 is 0 Å². The lowest BCUT2D eigenvalue weighted by molar-refractivity contribution is -0.136. The van der Waals surface area contributed by atoms with Crippen LogP contribution in [0, 0.1) is 0 Å². The summed E-state index contributed by atoms with van der Waals surface area (Å²) >= 11 is 0. The molecule has 0 fully saturated rings. The second-order valence-electron chi connectivity index (χ2n) is 6.39. The minimum atomic E-state index is -4.69. The fraction of sp³-hybridized carbons (Fsp3) is 0.294. The van der Waals surface area contributed by atoms with Crippen LogP contribution in [0.3, 0.4) is 0 Å². The number of carbonyl (C=O) groups excluding carboxylic acids is 1. The monoisotopic (exact) mass is 414 g/mol. The molecule has 7 nitrogen and oxygen atoms in total. The van der Waals surface area contributed by atoms with E-state index in [1.54, 1.807) is 20.3 Å². The van der Waals surface area contributed by atoms with E-state index in [-0.39, 0.29) is 23.7 Å². The Labute approximate surface area is 159 Å². The Morgan fingerprint density at radius 3 is 2.64 bits per heavy atom. The average molecular weight is 414 g/mol. The average Bonchev–Trinajstić information content (AvgIpc) is 2.59. The lowest BCUT2D eigenvalue weighted by atomic mass is 10.1. The van der Waals surface area contributed by atoms with Crippen molar-refractivity contribution >= 4 is 33.1 Å². The summed E-state index contributed by atoms with van der Waals surface area (Å²) in [6, 6.07) is 3.53. The molecule has 0 aliphatic carbocycles. The van der Waals surface area contributed by atoms with Crippen molar-refractivity contribution in [2.45, 2.75) is 6.18 Å². The van der Waals surface area contributed by atoms with Crippen molar-refractivity contribution in [2.24, 2.45) is 4.40 Å². The first-order chi connectivity index (χ1) is 13.0. The third-order valence-electron chi connectivity index (χ3n) is 4.18. The first-order valence-corrected chi connectivity index (χ1v) is 9.77. The van der Waals surface area contributed by atoms with E-state index in [1.807, 2.05) is 0 Å². The highest BCUT2D eigenvalue weighted by molar-refractivity contribution is 7.90. The fourth-order valence-corrected chi connectivity index (χ4v) is 3.72. The summed E-state index contributed by atoms with van der Waals surface area (Å²) in [6.07, 6.45) is -0.316. The van der Waals surface area contributed by atoms with Gasteiger partial charge in [0.2, 0.25) is 0 Å². The van der Waals surface area contributed by atoms with Gasteiger partial charge in [-0.25, -0.2) is 8.42 Å². The first-order valence-electron chi connectivity index (χ1n) is 8.16. The minimum absolute atomic E-state index is 0.105. The number of amidine groups is 1. The molecule has 0 bridgehead atoms. The van der Waals surface area contributed by atoms with Gasteiger partial charge < -0.3 is 15.1 Å². The summed E-state index contributed by atoms with van der Waals surface area (Å²) in [5.74, 6) is -1.20. The molecule has 28 heavy (non-hydrogen) atoms. The quantitative estimate of drug-likeness (QED) is 0.820. The van der Waals surface area contributed by atoms with Gasteiger partial charge in [-0.15, -0.1) is 4.40 Å². The van der Waals surface area contributed by atoms with Crippen LogP contribution >= 0.6 is 0 Å². The maximum absolute atomic E-state index is 13.4. The Morgan fingerprint density at radius 1 is 1.29 bits per heavy atom. The number of nitrogens with zero attached hydrogens (tertiary/aromatic N) is 3. The second kappa shape index (κ2) is 6.97. The van der Waals surface area contributed by atoms with Crippen molar-refractivity contribution in [3.05, 3.63) is 47.7 Å². The van der Waals surface area contributed by atoms with Gasteiger partial charge >= 0.3 is 6.18 Å². The van der Waals surface area contributed by atoms with Gasteiger partial charge in [-0.2, -0.15) is 13.2 Å². The number of nitrogens with one attached hydrogen (secondary N) is 1. The third kappa shape index (κ3) is 4.03. The number of rotatable bonds is 3. The summed E-state index contributed by atoms with van der Waals surface area (Å²) < 4.78 is 67.5. The van der Waals surface area contributed by atoms with Gasteiger partial charge in [-0.1, -0.05) is 0 Å². The topological polar surface area (TPSA) is 82.1 Å². The van der Waals surface area contributed by atoms with Gasteiger partial charge in [0.25, 0.3) is 15.9 Å². The molecule has 1 amide bonds. The fourth-order valence-electron chi connectivity index (χ4n) is 2.74. The number of halogens is 3. The maximum Gasteiger partial charge on any atom is 0.418 e. The van der Waals surface area contributed by atoms with E-state index in [2.05, 4.69) is 9.71 Å². The maximum atomic E-state index is 13.4. The van der Waals surface area contributed by atoms with E-state index < -0.39 is 33.4 Å². The molecule has 2 aliphatic rings. The van der Waals surface area contributed by atoms with Gasteiger partial charge in [0.05, 0.1) is 22.6 Å². The number of benzene rings is 1. The van der Waals surface area contributed by atoms with Crippen molar-refractivity contribution in [3.8, 4) is 0 Å². The summed E-state index contributed by atoms with van der Waals surface area (Å²) in [6.45, 7) is 0.105. The smallest absolute Gasteiger partial charge is 0.378 e. The number of carbonyl (C=O) groups is 1.